The number of nitrogens with zero attached hydrogens (tertiary/aromatic N) is 3. The smallest absolute Gasteiger partial charge is 0.410 e. The molecule has 28 heavy (non-hydrogen) atoms. The zero-order chi connectivity index (χ0) is 20.3. The number of hydrogen-bond donors (Lipinski definition) is 0. The number of benzene rings is 1. The van der Waals surface area contributed by atoms with E-state index in [0.717, 1.165) is 29.5 Å². The third kappa shape index (κ3) is 4.94. The van der Waals surface area contributed by atoms with E-state index in [0.29, 0.717) is 13.1 Å². The van der Waals surface area contributed by atoms with Gasteiger partial charge in [0.2, 0.25) is 0 Å². The summed E-state index contributed by atoms with van der Waals surface area (Å²) in [5, 5.41) is 5.13. The molecule has 1 fully saturated rings. The Morgan fingerprint density at radius 3 is 2.57 bits per heavy atom. The molecule has 0 unspecified atom stereocenters. The molecule has 0 bridgehead atoms. The molecular weight excluding hydrogens is 362 g/mol. The second-order valence-corrected chi connectivity index (χ2v) is 7.88. The van der Waals surface area contributed by atoms with Gasteiger partial charge in [-0.3, -0.25) is 9.48 Å². The van der Waals surface area contributed by atoms with Crippen LogP contribution in [0.3, 0.4) is 0 Å². The molecule has 2 heterocycles. The fraction of sp³-hybridized carbons (Fsp3) is 0.550. The summed E-state index contributed by atoms with van der Waals surface area (Å²) in [5.74, 6) is 0.405. The molecule has 0 spiro atoms. The lowest BCUT2D eigenvalue weighted by molar-refractivity contribution is -0.141. The zero-order valence-corrected chi connectivity index (χ0v) is 16.8. The summed E-state index contributed by atoms with van der Waals surface area (Å²) in [5.41, 5.74) is 0.357. The minimum absolute atomic E-state index is 0.0428. The second-order valence-electron chi connectivity index (χ2n) is 7.88. The van der Waals surface area contributed by atoms with E-state index in [9.17, 15) is 9.59 Å². The maximum Gasteiger partial charge on any atom is 0.410 e. The Bertz CT molecular complexity index is 847. The molecule has 0 aliphatic carbocycles. The lowest BCUT2D eigenvalue weighted by atomic mass is 10.1. The van der Waals surface area contributed by atoms with Gasteiger partial charge in [-0.05, 0) is 39.0 Å². The number of piperidine rings is 1. The fourth-order valence-electron chi connectivity index (χ4n) is 3.13. The minimum atomic E-state index is -0.488. The molecule has 1 aliphatic heterocycles. The lowest BCUT2D eigenvalue weighted by Gasteiger charge is -2.33. The van der Waals surface area contributed by atoms with E-state index < -0.39 is 5.60 Å². The Labute approximate surface area is 164 Å². The highest BCUT2D eigenvalue weighted by molar-refractivity contribution is 5.81. The van der Waals surface area contributed by atoms with Crippen LogP contribution in [0.4, 0.5) is 4.79 Å². The van der Waals surface area contributed by atoms with Crippen LogP contribution in [0.2, 0.25) is 0 Å². The molecular formula is C20H27N3O5. The van der Waals surface area contributed by atoms with E-state index in [-0.39, 0.29) is 24.7 Å². The summed E-state index contributed by atoms with van der Waals surface area (Å²) in [6.07, 6.45) is 2.97. The average molecular weight is 389 g/mol. The van der Waals surface area contributed by atoms with Gasteiger partial charge in [-0.2, -0.15) is 5.10 Å². The summed E-state index contributed by atoms with van der Waals surface area (Å²) >= 11 is 0. The van der Waals surface area contributed by atoms with Crippen LogP contribution >= 0.6 is 0 Å². The van der Waals surface area contributed by atoms with E-state index in [4.69, 9.17) is 9.47 Å². The van der Waals surface area contributed by atoms with Crippen molar-refractivity contribution in [3.63, 3.8) is 0 Å². The standard InChI is InChI=1S/C20H27N3O5/c1-20(2,3)28-19(25)22-9-7-15(8-10-22)27-16-5-6-17-14(11-16)12-21-23(17)13-18(24)26-4/h5-6,11-12,15H,7-10,13H2,1-4H3. The zero-order valence-electron chi connectivity index (χ0n) is 16.8. The van der Waals surface area contributed by atoms with Crippen molar-refractivity contribution >= 4 is 23.0 Å². The van der Waals surface area contributed by atoms with Crippen LogP contribution in [0.1, 0.15) is 33.6 Å². The molecule has 1 aromatic carbocycles. The number of amides is 1. The Morgan fingerprint density at radius 2 is 1.93 bits per heavy atom. The van der Waals surface area contributed by atoms with Gasteiger partial charge in [-0.15, -0.1) is 0 Å². The van der Waals surface area contributed by atoms with E-state index in [2.05, 4.69) is 9.84 Å². The first-order valence-corrected chi connectivity index (χ1v) is 9.42. The molecule has 8 nitrogen and oxygen atoms in total. The van der Waals surface area contributed by atoms with Gasteiger partial charge in [0.15, 0.2) is 0 Å². The normalized spacial score (nSPS) is 15.5. The highest BCUT2D eigenvalue weighted by Crippen LogP contribution is 2.24. The van der Waals surface area contributed by atoms with E-state index in [1.807, 2.05) is 39.0 Å². The molecule has 1 amide bonds. The SMILES string of the molecule is COC(=O)Cn1ncc2cc(OC3CCN(C(=O)OC(C)(C)C)CC3)ccc21. The van der Waals surface area contributed by atoms with Crippen molar-refractivity contribution in [2.24, 2.45) is 0 Å². The number of methoxy groups -OCH3 is 1. The minimum Gasteiger partial charge on any atom is -0.490 e. The van der Waals surface area contributed by atoms with Gasteiger partial charge in [0.25, 0.3) is 0 Å². The number of likely N-dealkylation sites (tertiary alicyclic amines) is 1. The van der Waals surface area contributed by atoms with Gasteiger partial charge in [-0.1, -0.05) is 0 Å². The third-order valence-electron chi connectivity index (χ3n) is 4.52. The van der Waals surface area contributed by atoms with Crippen LogP contribution < -0.4 is 4.74 Å². The van der Waals surface area contributed by atoms with Crippen LogP contribution in [0.15, 0.2) is 24.4 Å². The molecule has 1 aromatic heterocycles. The van der Waals surface area contributed by atoms with Crippen LogP contribution in [-0.4, -0.2) is 58.6 Å². The van der Waals surface area contributed by atoms with E-state index in [1.54, 1.807) is 15.8 Å². The van der Waals surface area contributed by atoms with Gasteiger partial charge < -0.3 is 19.1 Å². The Hall–Kier alpha value is -2.77. The van der Waals surface area contributed by atoms with E-state index in [1.165, 1.54) is 7.11 Å². The first kappa shape index (κ1) is 20.0. The van der Waals surface area contributed by atoms with Gasteiger partial charge >= 0.3 is 12.1 Å². The maximum atomic E-state index is 12.1. The van der Waals surface area contributed by atoms with Crippen LogP contribution in [0, 0.1) is 0 Å². The van der Waals surface area contributed by atoms with Gasteiger partial charge in [0.1, 0.15) is 24.0 Å². The Morgan fingerprint density at radius 1 is 1.21 bits per heavy atom. The molecule has 8 heteroatoms. The predicted molar refractivity (Wildman–Crippen MR) is 103 cm³/mol. The van der Waals surface area contributed by atoms with Gasteiger partial charge in [-0.25, -0.2) is 4.79 Å². The van der Waals surface area contributed by atoms with Crippen molar-refractivity contribution in [2.75, 3.05) is 20.2 Å². The summed E-state index contributed by atoms with van der Waals surface area (Å²) in [6.45, 7) is 6.89. The summed E-state index contributed by atoms with van der Waals surface area (Å²) in [7, 11) is 1.36. The predicted octanol–water partition coefficient (Wildman–Crippen LogP) is 2.99. The fourth-order valence-corrected chi connectivity index (χ4v) is 3.13. The number of carbonyl (C=O) groups is 2. The average Bonchev–Trinajstić information content (AvgIpc) is 3.03. The number of hydrogen-bond acceptors (Lipinski definition) is 6. The molecule has 0 radical (unpaired) electrons. The van der Waals surface area contributed by atoms with E-state index >= 15 is 0 Å². The molecule has 152 valence electrons. The number of aromatic nitrogens is 2. The van der Waals surface area contributed by atoms with Crippen molar-refractivity contribution in [3.8, 4) is 5.75 Å². The molecule has 3 rings (SSSR count). The molecule has 0 N–H and O–H groups in total. The van der Waals surface area contributed by atoms with Crippen molar-refractivity contribution in [3.05, 3.63) is 24.4 Å². The number of esters is 1. The second kappa shape index (κ2) is 8.08. The van der Waals surface area contributed by atoms with Gasteiger partial charge in [0, 0.05) is 31.3 Å². The summed E-state index contributed by atoms with van der Waals surface area (Å²) in [4.78, 5) is 25.3. The summed E-state index contributed by atoms with van der Waals surface area (Å²) in [6, 6.07) is 5.67. The largest absolute Gasteiger partial charge is 0.490 e. The topological polar surface area (TPSA) is 82.9 Å². The van der Waals surface area contributed by atoms with Crippen LogP contribution in [-0.2, 0) is 20.8 Å². The monoisotopic (exact) mass is 389 g/mol. The molecule has 1 aliphatic rings. The van der Waals surface area contributed by atoms with Crippen LogP contribution in [0.25, 0.3) is 10.9 Å². The first-order valence-electron chi connectivity index (χ1n) is 9.42. The first-order chi connectivity index (χ1) is 13.2. The number of rotatable bonds is 4. The Balaban J connectivity index is 1.57. The van der Waals surface area contributed by atoms with Crippen molar-refractivity contribution in [1.82, 2.24) is 14.7 Å². The highest BCUT2D eigenvalue weighted by Gasteiger charge is 2.27. The lowest BCUT2D eigenvalue weighted by Crippen LogP contribution is -2.44. The number of ether oxygens (including phenoxy) is 3. The highest BCUT2D eigenvalue weighted by atomic mass is 16.6. The maximum absolute atomic E-state index is 12.1. The van der Waals surface area contributed by atoms with Crippen LogP contribution in [0.5, 0.6) is 5.75 Å². The molecule has 2 aromatic rings. The van der Waals surface area contributed by atoms with Crippen molar-refractivity contribution < 1.29 is 23.8 Å². The van der Waals surface area contributed by atoms with Crippen molar-refractivity contribution in [2.45, 2.75) is 51.9 Å². The molecule has 1 saturated heterocycles. The third-order valence-corrected chi connectivity index (χ3v) is 4.52. The summed E-state index contributed by atoms with van der Waals surface area (Å²) < 4.78 is 17.8. The van der Waals surface area contributed by atoms with Crippen molar-refractivity contribution in [1.29, 1.82) is 0 Å². The quantitative estimate of drug-likeness (QED) is 0.748. The van der Waals surface area contributed by atoms with Gasteiger partial charge in [0.05, 0.1) is 18.8 Å². The Kier molecular flexibility index (Phi) is 5.76. The number of carbonyl (C=O) groups excluding carboxylic acids is 2. The molecule has 0 atom stereocenters. The molecule has 0 saturated carbocycles. The number of fused-ring (bicyclic) bond motifs is 1.